The second-order valence-corrected chi connectivity index (χ2v) is 4.37. The van der Waals surface area contributed by atoms with Crippen LogP contribution in [0.2, 0.25) is 0 Å². The molecule has 0 fully saturated rings. The standard InChI is InChI=1S/C11H15NO2.C2HF3O2/c1-8(2)10(12)11(13)14-9-6-4-3-5-7-9;3-2(4,5)1(6)7/h3-8,10H,12H2,1-2H3;(H,6,7)/t10-;/m0./s1. The highest BCUT2D eigenvalue weighted by molar-refractivity contribution is 5.76. The lowest BCUT2D eigenvalue weighted by Gasteiger charge is -2.10. The molecule has 0 aliphatic carbocycles. The summed E-state index contributed by atoms with van der Waals surface area (Å²) in [4.78, 5) is 20.3. The highest BCUT2D eigenvalue weighted by Crippen LogP contribution is 2.11. The Morgan fingerprint density at radius 3 is 1.95 bits per heavy atom. The van der Waals surface area contributed by atoms with Gasteiger partial charge in [-0.2, -0.15) is 13.2 Å². The van der Waals surface area contributed by atoms with Crippen molar-refractivity contribution in [2.24, 2.45) is 5.92 Å². The maximum atomic E-state index is 11.5. The number of carbonyl (C=O) groups excluding carboxylic acids is 2. The molecule has 1 aromatic carbocycles. The molecule has 0 aliphatic heterocycles. The Morgan fingerprint density at radius 1 is 1.19 bits per heavy atom. The summed E-state index contributed by atoms with van der Waals surface area (Å²) in [5.41, 5.74) is 3.76. The van der Waals surface area contributed by atoms with Gasteiger partial charge in [0, 0.05) is 5.92 Å². The van der Waals surface area contributed by atoms with Crippen molar-refractivity contribution in [3.05, 3.63) is 30.3 Å². The second kappa shape index (κ2) is 8.25. The molecule has 8 heteroatoms. The van der Waals surface area contributed by atoms with Crippen LogP contribution in [0.4, 0.5) is 13.2 Å². The fraction of sp³-hybridized carbons (Fsp3) is 0.385. The average molecular weight is 307 g/mol. The number of benzene rings is 1. The molecule has 0 saturated carbocycles. The van der Waals surface area contributed by atoms with Crippen LogP contribution in [0.15, 0.2) is 30.3 Å². The number of hydrogen-bond donors (Lipinski definition) is 1. The van der Waals surface area contributed by atoms with Gasteiger partial charge < -0.3 is 20.4 Å². The smallest absolute Gasteiger partial charge is 0.430 e. The fourth-order valence-electron chi connectivity index (χ4n) is 0.953. The Balaban J connectivity index is 0.000000486. The molecule has 0 radical (unpaired) electrons. The summed E-state index contributed by atoms with van der Waals surface area (Å²) in [5, 5.41) is 8.78. The van der Waals surface area contributed by atoms with E-state index in [-0.39, 0.29) is 17.9 Å². The van der Waals surface area contributed by atoms with E-state index in [4.69, 9.17) is 14.6 Å². The van der Waals surface area contributed by atoms with Crippen LogP contribution in [-0.2, 0) is 9.59 Å². The molecule has 0 heterocycles. The molecule has 0 aromatic heterocycles. The number of halogens is 3. The number of carboxylic acids is 1. The van der Waals surface area contributed by atoms with E-state index in [9.17, 15) is 18.0 Å². The van der Waals surface area contributed by atoms with Crippen molar-refractivity contribution in [1.29, 1.82) is 0 Å². The first-order valence-electron chi connectivity index (χ1n) is 5.93. The Hall–Kier alpha value is -2.09. The van der Waals surface area contributed by atoms with Gasteiger partial charge in [0.1, 0.15) is 11.7 Å². The second-order valence-electron chi connectivity index (χ2n) is 4.37. The summed E-state index contributed by atoms with van der Waals surface area (Å²) in [7, 11) is 0. The van der Waals surface area contributed by atoms with Gasteiger partial charge >= 0.3 is 12.1 Å². The van der Waals surface area contributed by atoms with Crippen LogP contribution >= 0.6 is 0 Å². The van der Waals surface area contributed by atoms with Gasteiger partial charge in [-0.15, -0.1) is 0 Å². The molecule has 0 saturated heterocycles. The number of aliphatic carboxylic acids is 1. The molecular formula is C13H16F3NO4. The monoisotopic (exact) mass is 307 g/mol. The van der Waals surface area contributed by atoms with E-state index in [0.717, 1.165) is 0 Å². The third-order valence-corrected chi connectivity index (χ3v) is 2.30. The van der Waals surface area contributed by atoms with Crippen LogP contribution in [-0.4, -0.2) is 24.2 Å². The Labute approximate surface area is 119 Å². The quantitative estimate of drug-likeness (QED) is 0.635. The van der Waals surface area contributed by atoms with Crippen molar-refractivity contribution in [3.8, 4) is 5.75 Å². The molecule has 0 unspecified atom stereocenters. The zero-order valence-electron chi connectivity index (χ0n) is 11.5. The molecule has 0 spiro atoms. The molecule has 1 atom stereocenters. The van der Waals surface area contributed by atoms with E-state index < -0.39 is 12.1 Å². The highest BCUT2D eigenvalue weighted by atomic mass is 19.4. The Morgan fingerprint density at radius 2 is 1.62 bits per heavy atom. The molecular weight excluding hydrogens is 291 g/mol. The Bertz CT molecular complexity index is 460. The molecule has 21 heavy (non-hydrogen) atoms. The van der Waals surface area contributed by atoms with Crippen LogP contribution in [0, 0.1) is 5.92 Å². The van der Waals surface area contributed by atoms with E-state index >= 15 is 0 Å². The molecule has 0 amide bonds. The lowest BCUT2D eigenvalue weighted by atomic mass is 10.1. The van der Waals surface area contributed by atoms with Crippen molar-refractivity contribution in [2.45, 2.75) is 26.1 Å². The van der Waals surface area contributed by atoms with Gasteiger partial charge in [0.2, 0.25) is 0 Å². The summed E-state index contributed by atoms with van der Waals surface area (Å²) < 4.78 is 36.7. The minimum atomic E-state index is -5.19. The zero-order chi connectivity index (χ0) is 16.6. The van der Waals surface area contributed by atoms with Crippen LogP contribution in [0.1, 0.15) is 13.8 Å². The van der Waals surface area contributed by atoms with Crippen LogP contribution in [0.3, 0.4) is 0 Å². The number of rotatable bonds is 3. The van der Waals surface area contributed by atoms with E-state index in [2.05, 4.69) is 5.73 Å². The predicted octanol–water partition coefficient (Wildman–Crippen LogP) is 0.157. The highest BCUT2D eigenvalue weighted by Gasteiger charge is 2.28. The van der Waals surface area contributed by atoms with Gasteiger partial charge in [0.25, 0.3) is 0 Å². The summed E-state index contributed by atoms with van der Waals surface area (Å²) >= 11 is 0. The number of carbonyl (C=O) groups is 2. The third-order valence-electron chi connectivity index (χ3n) is 2.30. The number of esters is 1. The normalized spacial score (nSPS) is 12.1. The molecule has 0 aliphatic rings. The van der Waals surface area contributed by atoms with Gasteiger partial charge in [-0.25, -0.2) is 4.79 Å². The van der Waals surface area contributed by atoms with Gasteiger partial charge in [-0.3, -0.25) is 0 Å². The molecule has 5 nitrogen and oxygen atoms in total. The lowest BCUT2D eigenvalue weighted by Crippen LogP contribution is -2.68. The zero-order valence-corrected chi connectivity index (χ0v) is 11.5. The predicted molar refractivity (Wildman–Crippen MR) is 64.7 cm³/mol. The average Bonchev–Trinajstić information content (AvgIpc) is 2.38. The number of carboxylic acid groups (broad SMARTS) is 1. The lowest BCUT2D eigenvalue weighted by molar-refractivity contribution is -0.417. The summed E-state index contributed by atoms with van der Waals surface area (Å²) in [6, 6.07) is 8.74. The third kappa shape index (κ3) is 7.93. The number of quaternary nitrogens is 1. The maximum Gasteiger partial charge on any atom is 0.430 e. The summed E-state index contributed by atoms with van der Waals surface area (Å²) in [5.74, 6) is -2.50. The maximum absolute atomic E-state index is 11.5. The first kappa shape index (κ1) is 18.9. The molecule has 1 rings (SSSR count). The van der Waals surface area contributed by atoms with Gasteiger partial charge in [-0.05, 0) is 12.1 Å². The van der Waals surface area contributed by atoms with Crippen molar-refractivity contribution >= 4 is 11.9 Å². The SMILES string of the molecule is CC(C)[C@H]([NH3+])C(=O)Oc1ccccc1.O=C([O-])C(F)(F)F. The Kier molecular flexibility index (Phi) is 7.43. The molecule has 3 N–H and O–H groups in total. The van der Waals surface area contributed by atoms with Crippen LogP contribution in [0.25, 0.3) is 0 Å². The van der Waals surface area contributed by atoms with Crippen molar-refractivity contribution in [2.75, 3.05) is 0 Å². The minimum absolute atomic E-state index is 0.200. The summed E-state index contributed by atoms with van der Waals surface area (Å²) in [6.07, 6.45) is -5.19. The fourth-order valence-corrected chi connectivity index (χ4v) is 0.953. The molecule has 1 aromatic rings. The molecule has 118 valence electrons. The summed E-state index contributed by atoms with van der Waals surface area (Å²) in [6.45, 7) is 3.90. The molecule has 0 bridgehead atoms. The largest absolute Gasteiger partial charge is 0.542 e. The number of para-hydroxylation sites is 1. The van der Waals surface area contributed by atoms with Gasteiger partial charge in [0.15, 0.2) is 6.04 Å². The van der Waals surface area contributed by atoms with Crippen LogP contribution in [0.5, 0.6) is 5.75 Å². The van der Waals surface area contributed by atoms with Crippen LogP contribution < -0.4 is 15.6 Å². The first-order chi connectivity index (χ1) is 9.55. The van der Waals surface area contributed by atoms with E-state index in [1.54, 1.807) is 12.1 Å². The number of alkyl halides is 3. The first-order valence-corrected chi connectivity index (χ1v) is 5.93. The van der Waals surface area contributed by atoms with Crippen molar-refractivity contribution in [3.63, 3.8) is 0 Å². The van der Waals surface area contributed by atoms with E-state index in [0.29, 0.717) is 5.75 Å². The van der Waals surface area contributed by atoms with E-state index in [1.807, 2.05) is 32.0 Å². The topological polar surface area (TPSA) is 94.1 Å². The minimum Gasteiger partial charge on any atom is -0.542 e. The van der Waals surface area contributed by atoms with Crippen molar-refractivity contribution in [1.82, 2.24) is 0 Å². The van der Waals surface area contributed by atoms with Crippen molar-refractivity contribution < 1.29 is 38.3 Å². The van der Waals surface area contributed by atoms with Gasteiger partial charge in [-0.1, -0.05) is 32.0 Å². The van der Waals surface area contributed by atoms with Gasteiger partial charge in [0.05, 0.1) is 0 Å². The van der Waals surface area contributed by atoms with E-state index in [1.165, 1.54) is 0 Å². The number of ether oxygens (including phenoxy) is 1. The number of hydrogen-bond acceptors (Lipinski definition) is 4.